The fraction of sp³-hybridized carbons (Fsp3) is 0.391. The molecule has 0 saturated heterocycles. The monoisotopic (exact) mass is 460 g/mol. The van der Waals surface area contributed by atoms with Gasteiger partial charge in [0.05, 0.1) is 0 Å². The summed E-state index contributed by atoms with van der Waals surface area (Å²) in [6.45, 7) is 9.65. The highest BCUT2D eigenvalue weighted by molar-refractivity contribution is 9.10. The standard InChI is InChI=1S/C23H29BrN2O3/c1-16-13-19(11-12-20(16)24)29-15-21(27)26(14-18-9-7-6-8-10-18)17(2)22(28)25-23(3,4)5/h6-13,17H,14-15H2,1-5H3,(H,25,28). The van der Waals surface area contributed by atoms with E-state index in [1.54, 1.807) is 11.8 Å². The Balaban J connectivity index is 2.15. The first-order valence-corrected chi connectivity index (χ1v) is 10.4. The van der Waals surface area contributed by atoms with E-state index in [4.69, 9.17) is 4.74 Å². The van der Waals surface area contributed by atoms with Gasteiger partial charge >= 0.3 is 0 Å². The Morgan fingerprint density at radius 2 is 1.79 bits per heavy atom. The number of aryl methyl sites for hydroxylation is 1. The third kappa shape index (κ3) is 7.20. The predicted octanol–water partition coefficient (Wildman–Crippen LogP) is 4.47. The van der Waals surface area contributed by atoms with Gasteiger partial charge in [-0.15, -0.1) is 0 Å². The van der Waals surface area contributed by atoms with Crippen LogP contribution in [-0.2, 0) is 16.1 Å². The summed E-state index contributed by atoms with van der Waals surface area (Å²) < 4.78 is 6.69. The number of hydrogen-bond acceptors (Lipinski definition) is 3. The highest BCUT2D eigenvalue weighted by atomic mass is 79.9. The van der Waals surface area contributed by atoms with Crippen molar-refractivity contribution in [3.63, 3.8) is 0 Å². The Morgan fingerprint density at radius 1 is 1.14 bits per heavy atom. The van der Waals surface area contributed by atoms with Crippen LogP contribution in [0.25, 0.3) is 0 Å². The van der Waals surface area contributed by atoms with E-state index in [-0.39, 0.29) is 24.0 Å². The molecule has 1 atom stereocenters. The second-order valence-corrected chi connectivity index (χ2v) is 8.98. The minimum atomic E-state index is -0.628. The first-order valence-electron chi connectivity index (χ1n) is 9.61. The van der Waals surface area contributed by atoms with Crippen molar-refractivity contribution in [3.8, 4) is 5.75 Å². The smallest absolute Gasteiger partial charge is 0.261 e. The Bertz CT molecular complexity index is 847. The van der Waals surface area contributed by atoms with Crippen LogP contribution in [0.15, 0.2) is 53.0 Å². The van der Waals surface area contributed by atoms with E-state index in [1.807, 2.05) is 76.2 Å². The van der Waals surface area contributed by atoms with Gasteiger partial charge in [0.15, 0.2) is 6.61 Å². The summed E-state index contributed by atoms with van der Waals surface area (Å²) in [6.07, 6.45) is 0. The first kappa shape index (κ1) is 22.9. The molecular formula is C23H29BrN2O3. The third-order valence-corrected chi connectivity index (χ3v) is 5.24. The van der Waals surface area contributed by atoms with E-state index in [9.17, 15) is 9.59 Å². The van der Waals surface area contributed by atoms with Crippen molar-refractivity contribution >= 4 is 27.7 Å². The molecule has 29 heavy (non-hydrogen) atoms. The van der Waals surface area contributed by atoms with Crippen molar-refractivity contribution in [1.29, 1.82) is 0 Å². The maximum Gasteiger partial charge on any atom is 0.261 e. The number of rotatable bonds is 7. The number of benzene rings is 2. The highest BCUT2D eigenvalue weighted by Crippen LogP contribution is 2.22. The summed E-state index contributed by atoms with van der Waals surface area (Å²) >= 11 is 3.45. The minimum Gasteiger partial charge on any atom is -0.484 e. The van der Waals surface area contributed by atoms with Gasteiger partial charge in [0.25, 0.3) is 5.91 Å². The maximum atomic E-state index is 13.0. The lowest BCUT2D eigenvalue weighted by molar-refractivity contribution is -0.142. The van der Waals surface area contributed by atoms with Crippen molar-refractivity contribution in [2.75, 3.05) is 6.61 Å². The average Bonchev–Trinajstić information content (AvgIpc) is 2.65. The Labute approximate surface area is 181 Å². The lowest BCUT2D eigenvalue weighted by Gasteiger charge is -2.31. The summed E-state index contributed by atoms with van der Waals surface area (Å²) in [7, 11) is 0. The number of carbonyl (C=O) groups excluding carboxylic acids is 2. The van der Waals surface area contributed by atoms with E-state index in [0.717, 1.165) is 15.6 Å². The van der Waals surface area contributed by atoms with Gasteiger partial charge in [-0.25, -0.2) is 0 Å². The first-order chi connectivity index (χ1) is 13.6. The molecule has 156 valence electrons. The Morgan fingerprint density at radius 3 is 2.38 bits per heavy atom. The molecule has 2 rings (SSSR count). The van der Waals surface area contributed by atoms with Crippen molar-refractivity contribution in [2.24, 2.45) is 0 Å². The van der Waals surface area contributed by atoms with Crippen molar-refractivity contribution < 1.29 is 14.3 Å². The lowest BCUT2D eigenvalue weighted by atomic mass is 10.1. The van der Waals surface area contributed by atoms with Gasteiger partial charge in [0, 0.05) is 16.6 Å². The van der Waals surface area contributed by atoms with Crippen LogP contribution < -0.4 is 10.1 Å². The van der Waals surface area contributed by atoms with Gasteiger partial charge in [0.2, 0.25) is 5.91 Å². The molecule has 5 nitrogen and oxygen atoms in total. The number of nitrogens with one attached hydrogen (secondary N) is 1. The largest absolute Gasteiger partial charge is 0.484 e. The van der Waals surface area contributed by atoms with Gasteiger partial charge in [-0.2, -0.15) is 0 Å². The molecule has 0 aliphatic rings. The fourth-order valence-corrected chi connectivity index (χ4v) is 3.02. The van der Waals surface area contributed by atoms with Crippen LogP contribution in [-0.4, -0.2) is 34.9 Å². The second kappa shape index (κ2) is 9.92. The molecule has 2 amide bonds. The number of halogens is 1. The van der Waals surface area contributed by atoms with Gasteiger partial charge in [-0.3, -0.25) is 9.59 Å². The fourth-order valence-electron chi connectivity index (χ4n) is 2.77. The van der Waals surface area contributed by atoms with E-state index >= 15 is 0 Å². The van der Waals surface area contributed by atoms with E-state index in [2.05, 4.69) is 21.2 Å². The van der Waals surface area contributed by atoms with Crippen LogP contribution in [0.4, 0.5) is 0 Å². The highest BCUT2D eigenvalue weighted by Gasteiger charge is 2.28. The van der Waals surface area contributed by atoms with Crippen LogP contribution in [0.1, 0.15) is 38.8 Å². The van der Waals surface area contributed by atoms with Crippen molar-refractivity contribution in [3.05, 3.63) is 64.1 Å². The topological polar surface area (TPSA) is 58.6 Å². The molecule has 0 saturated carbocycles. The molecule has 0 aliphatic heterocycles. The maximum absolute atomic E-state index is 13.0. The molecule has 2 aromatic rings. The SMILES string of the molecule is Cc1cc(OCC(=O)N(Cc2ccccc2)C(C)C(=O)NC(C)(C)C)ccc1Br. The summed E-state index contributed by atoms with van der Waals surface area (Å²) in [5, 5.41) is 2.95. The normalized spacial score (nSPS) is 12.2. The summed E-state index contributed by atoms with van der Waals surface area (Å²) in [6, 6.07) is 14.6. The predicted molar refractivity (Wildman–Crippen MR) is 119 cm³/mol. The van der Waals surface area contributed by atoms with E-state index in [0.29, 0.717) is 12.3 Å². The van der Waals surface area contributed by atoms with Crippen LogP contribution in [0.5, 0.6) is 5.75 Å². The zero-order valence-corrected chi connectivity index (χ0v) is 19.2. The number of carbonyl (C=O) groups is 2. The number of hydrogen-bond donors (Lipinski definition) is 1. The molecule has 0 bridgehead atoms. The van der Waals surface area contributed by atoms with E-state index in [1.165, 1.54) is 0 Å². The summed E-state index contributed by atoms with van der Waals surface area (Å²) in [5.74, 6) is 0.178. The van der Waals surface area contributed by atoms with Gasteiger partial charge in [-0.05, 0) is 63.9 Å². The van der Waals surface area contributed by atoms with Crippen molar-refractivity contribution in [1.82, 2.24) is 10.2 Å². The molecule has 0 aromatic heterocycles. The summed E-state index contributed by atoms with van der Waals surface area (Å²) in [5.41, 5.74) is 1.60. The molecule has 0 aliphatic carbocycles. The molecule has 2 aromatic carbocycles. The number of amides is 2. The molecular weight excluding hydrogens is 432 g/mol. The average molecular weight is 461 g/mol. The zero-order chi connectivity index (χ0) is 21.6. The van der Waals surface area contributed by atoms with E-state index < -0.39 is 6.04 Å². The molecule has 0 fully saturated rings. The molecule has 0 radical (unpaired) electrons. The van der Waals surface area contributed by atoms with Crippen LogP contribution >= 0.6 is 15.9 Å². The van der Waals surface area contributed by atoms with Crippen LogP contribution in [0.3, 0.4) is 0 Å². The number of ether oxygens (including phenoxy) is 1. The molecule has 0 spiro atoms. The minimum absolute atomic E-state index is 0.138. The zero-order valence-electron chi connectivity index (χ0n) is 17.7. The molecule has 1 unspecified atom stereocenters. The quantitative estimate of drug-likeness (QED) is 0.662. The van der Waals surface area contributed by atoms with Crippen LogP contribution in [0, 0.1) is 6.92 Å². The molecule has 6 heteroatoms. The number of nitrogens with zero attached hydrogens (tertiary/aromatic N) is 1. The van der Waals surface area contributed by atoms with Crippen molar-refractivity contribution in [2.45, 2.75) is 52.7 Å². The third-order valence-electron chi connectivity index (χ3n) is 4.35. The Hall–Kier alpha value is -2.34. The summed E-state index contributed by atoms with van der Waals surface area (Å²) in [4.78, 5) is 27.3. The van der Waals surface area contributed by atoms with Gasteiger partial charge in [0.1, 0.15) is 11.8 Å². The van der Waals surface area contributed by atoms with Gasteiger partial charge < -0.3 is 15.0 Å². The molecule has 1 N–H and O–H groups in total. The second-order valence-electron chi connectivity index (χ2n) is 8.12. The van der Waals surface area contributed by atoms with Gasteiger partial charge in [-0.1, -0.05) is 46.3 Å². The van der Waals surface area contributed by atoms with Crippen LogP contribution in [0.2, 0.25) is 0 Å². The Kier molecular flexibility index (Phi) is 7.85. The lowest BCUT2D eigenvalue weighted by Crippen LogP contribution is -2.53. The molecule has 0 heterocycles.